The van der Waals surface area contributed by atoms with Gasteiger partial charge in [-0.1, -0.05) is 0 Å². The molecular formula is C10H16N4. The molecule has 1 unspecified atom stereocenters. The molecule has 2 aliphatic heterocycles. The third kappa shape index (κ3) is 2.67. The van der Waals surface area contributed by atoms with Crippen molar-refractivity contribution in [3.8, 4) is 0 Å². The van der Waals surface area contributed by atoms with Gasteiger partial charge in [-0.25, -0.2) is 0 Å². The van der Waals surface area contributed by atoms with Crippen LogP contribution in [0.4, 0.5) is 0 Å². The number of allylic oxidation sites excluding steroid dienone is 1. The fourth-order valence-electron chi connectivity index (χ4n) is 1.62. The highest BCUT2D eigenvalue weighted by Gasteiger charge is 2.11. The van der Waals surface area contributed by atoms with E-state index in [2.05, 4.69) is 20.8 Å². The molecule has 4 heteroatoms. The molecule has 0 radical (unpaired) electrons. The first-order chi connectivity index (χ1) is 6.95. The van der Waals surface area contributed by atoms with Gasteiger partial charge in [-0.15, -0.1) is 0 Å². The SMILES string of the molecule is C1=CC(=NNC2CCCNC2)CN=C1. The second-order valence-corrected chi connectivity index (χ2v) is 3.62. The summed E-state index contributed by atoms with van der Waals surface area (Å²) in [6.45, 7) is 2.85. The molecule has 2 rings (SSSR count). The summed E-state index contributed by atoms with van der Waals surface area (Å²) in [5, 5.41) is 7.68. The number of nitrogens with one attached hydrogen (secondary N) is 2. The maximum absolute atomic E-state index is 4.33. The number of piperidine rings is 1. The van der Waals surface area contributed by atoms with Gasteiger partial charge < -0.3 is 10.7 Å². The number of nitrogens with zero attached hydrogens (tertiary/aromatic N) is 2. The lowest BCUT2D eigenvalue weighted by Gasteiger charge is -2.22. The highest BCUT2D eigenvalue weighted by molar-refractivity contribution is 6.02. The summed E-state index contributed by atoms with van der Waals surface area (Å²) < 4.78 is 0. The Kier molecular flexibility index (Phi) is 3.29. The maximum Gasteiger partial charge on any atom is 0.0829 e. The van der Waals surface area contributed by atoms with Crippen molar-refractivity contribution < 1.29 is 0 Å². The zero-order valence-electron chi connectivity index (χ0n) is 8.24. The van der Waals surface area contributed by atoms with Crippen LogP contribution in [0.25, 0.3) is 0 Å². The lowest BCUT2D eigenvalue weighted by Crippen LogP contribution is -2.41. The minimum atomic E-state index is 0.482. The number of rotatable bonds is 2. The summed E-state index contributed by atoms with van der Waals surface area (Å²) in [6, 6.07) is 0.482. The van der Waals surface area contributed by atoms with E-state index in [1.807, 2.05) is 12.2 Å². The molecule has 1 fully saturated rings. The van der Waals surface area contributed by atoms with Gasteiger partial charge in [0, 0.05) is 12.8 Å². The molecule has 2 aliphatic rings. The van der Waals surface area contributed by atoms with E-state index < -0.39 is 0 Å². The standard InChI is InChI=1S/C10H16N4/c1-3-9(7-11-5-1)13-14-10-4-2-6-12-8-10/h1,3,5,10,12,14H,2,4,6-8H2. The van der Waals surface area contributed by atoms with E-state index >= 15 is 0 Å². The molecule has 1 atom stereocenters. The molecule has 1 saturated heterocycles. The van der Waals surface area contributed by atoms with Gasteiger partial charge in [0.05, 0.1) is 18.3 Å². The van der Waals surface area contributed by atoms with Gasteiger partial charge in [0.15, 0.2) is 0 Å². The van der Waals surface area contributed by atoms with Gasteiger partial charge in [0.1, 0.15) is 0 Å². The molecule has 14 heavy (non-hydrogen) atoms. The number of hydrogen-bond acceptors (Lipinski definition) is 4. The second-order valence-electron chi connectivity index (χ2n) is 3.62. The van der Waals surface area contributed by atoms with Crippen molar-refractivity contribution in [2.24, 2.45) is 10.1 Å². The highest BCUT2D eigenvalue weighted by atomic mass is 15.3. The van der Waals surface area contributed by atoms with Crippen molar-refractivity contribution >= 4 is 11.9 Å². The van der Waals surface area contributed by atoms with Gasteiger partial charge >= 0.3 is 0 Å². The minimum Gasteiger partial charge on any atom is -0.315 e. The summed E-state index contributed by atoms with van der Waals surface area (Å²) in [5.41, 5.74) is 4.20. The maximum atomic E-state index is 4.33. The van der Waals surface area contributed by atoms with Crippen LogP contribution < -0.4 is 10.7 Å². The number of aliphatic imine (C=N–C) groups is 1. The molecule has 0 bridgehead atoms. The Labute approximate surface area is 84.2 Å². The molecule has 0 aromatic rings. The van der Waals surface area contributed by atoms with Crippen LogP contribution in [0.3, 0.4) is 0 Å². The van der Waals surface area contributed by atoms with Gasteiger partial charge in [-0.3, -0.25) is 4.99 Å². The minimum absolute atomic E-state index is 0.482. The van der Waals surface area contributed by atoms with Crippen LogP contribution in [0.1, 0.15) is 12.8 Å². The topological polar surface area (TPSA) is 48.8 Å². The molecule has 0 amide bonds. The molecule has 76 valence electrons. The average Bonchev–Trinajstić information content (AvgIpc) is 2.29. The average molecular weight is 192 g/mol. The van der Waals surface area contributed by atoms with E-state index in [9.17, 15) is 0 Å². The van der Waals surface area contributed by atoms with Crippen molar-refractivity contribution in [1.29, 1.82) is 0 Å². The summed E-state index contributed by atoms with van der Waals surface area (Å²) in [4.78, 5) is 4.12. The molecule has 0 saturated carbocycles. The highest BCUT2D eigenvalue weighted by Crippen LogP contribution is 2.01. The van der Waals surface area contributed by atoms with E-state index in [1.54, 1.807) is 6.21 Å². The molecule has 0 aromatic carbocycles. The van der Waals surface area contributed by atoms with Gasteiger partial charge in [0.25, 0.3) is 0 Å². The van der Waals surface area contributed by atoms with Crippen molar-refractivity contribution in [1.82, 2.24) is 10.7 Å². The van der Waals surface area contributed by atoms with E-state index in [0.29, 0.717) is 12.6 Å². The van der Waals surface area contributed by atoms with Gasteiger partial charge in [0.2, 0.25) is 0 Å². The van der Waals surface area contributed by atoms with Gasteiger partial charge in [-0.05, 0) is 31.5 Å². The third-order valence-electron chi connectivity index (χ3n) is 2.42. The molecular weight excluding hydrogens is 176 g/mol. The summed E-state index contributed by atoms with van der Waals surface area (Å²) in [6.07, 6.45) is 8.16. The predicted molar refractivity (Wildman–Crippen MR) is 59.0 cm³/mol. The zero-order chi connectivity index (χ0) is 9.64. The van der Waals surface area contributed by atoms with E-state index in [1.165, 1.54) is 12.8 Å². The van der Waals surface area contributed by atoms with Crippen LogP contribution >= 0.6 is 0 Å². The Bertz CT molecular complexity index is 261. The lowest BCUT2D eigenvalue weighted by molar-refractivity contribution is 0.398. The first-order valence-electron chi connectivity index (χ1n) is 5.14. The van der Waals surface area contributed by atoms with Crippen molar-refractivity contribution in [3.63, 3.8) is 0 Å². The number of hydrazone groups is 1. The largest absolute Gasteiger partial charge is 0.315 e. The molecule has 0 aromatic heterocycles. The lowest BCUT2D eigenvalue weighted by atomic mass is 10.1. The molecule has 4 nitrogen and oxygen atoms in total. The quantitative estimate of drug-likeness (QED) is 0.619. The van der Waals surface area contributed by atoms with Crippen LogP contribution in [0.15, 0.2) is 22.2 Å². The first kappa shape index (κ1) is 9.40. The molecule has 0 spiro atoms. The van der Waals surface area contributed by atoms with E-state index in [4.69, 9.17) is 0 Å². The third-order valence-corrected chi connectivity index (χ3v) is 2.42. The van der Waals surface area contributed by atoms with Gasteiger partial charge in [-0.2, -0.15) is 5.10 Å². The number of hydrogen-bond donors (Lipinski definition) is 2. The van der Waals surface area contributed by atoms with Crippen molar-refractivity contribution in [2.75, 3.05) is 19.6 Å². The Morgan fingerprint density at radius 1 is 1.57 bits per heavy atom. The Balaban J connectivity index is 1.79. The van der Waals surface area contributed by atoms with Crippen molar-refractivity contribution in [3.05, 3.63) is 12.2 Å². The normalized spacial score (nSPS) is 29.4. The second kappa shape index (κ2) is 4.91. The summed E-state index contributed by atoms with van der Waals surface area (Å²) in [7, 11) is 0. The molecule has 2 heterocycles. The number of dihydropyridines is 1. The molecule has 0 aliphatic carbocycles. The summed E-state index contributed by atoms with van der Waals surface area (Å²) >= 11 is 0. The fraction of sp³-hybridized carbons (Fsp3) is 0.600. The Hall–Kier alpha value is -1.16. The van der Waals surface area contributed by atoms with Crippen LogP contribution in [0.2, 0.25) is 0 Å². The Morgan fingerprint density at radius 3 is 3.29 bits per heavy atom. The predicted octanol–water partition coefficient (Wildman–Crippen LogP) is 0.325. The molecule has 2 N–H and O–H groups in total. The van der Waals surface area contributed by atoms with E-state index in [-0.39, 0.29) is 0 Å². The van der Waals surface area contributed by atoms with E-state index in [0.717, 1.165) is 18.8 Å². The zero-order valence-corrected chi connectivity index (χ0v) is 8.24. The fourth-order valence-corrected chi connectivity index (χ4v) is 1.62. The summed E-state index contributed by atoms with van der Waals surface area (Å²) in [5.74, 6) is 0. The van der Waals surface area contributed by atoms with Crippen LogP contribution in [-0.2, 0) is 0 Å². The van der Waals surface area contributed by atoms with Crippen LogP contribution in [-0.4, -0.2) is 37.6 Å². The Morgan fingerprint density at radius 2 is 2.57 bits per heavy atom. The monoisotopic (exact) mass is 192 g/mol. The first-order valence-corrected chi connectivity index (χ1v) is 5.14. The van der Waals surface area contributed by atoms with Crippen LogP contribution in [0, 0.1) is 0 Å². The smallest absolute Gasteiger partial charge is 0.0829 e. The van der Waals surface area contributed by atoms with Crippen molar-refractivity contribution in [2.45, 2.75) is 18.9 Å². The van der Waals surface area contributed by atoms with Crippen LogP contribution in [0.5, 0.6) is 0 Å².